The van der Waals surface area contributed by atoms with Crippen LogP contribution in [0.3, 0.4) is 0 Å². The van der Waals surface area contributed by atoms with Crippen LogP contribution in [0, 0.1) is 0 Å². The zero-order valence-electron chi connectivity index (χ0n) is 13.4. The summed E-state index contributed by atoms with van der Waals surface area (Å²) in [4.78, 5) is 2.34. The van der Waals surface area contributed by atoms with E-state index in [4.69, 9.17) is 5.73 Å². The fourth-order valence-electron chi connectivity index (χ4n) is 2.47. The predicted octanol–water partition coefficient (Wildman–Crippen LogP) is 1.15. The smallest absolute Gasteiger partial charge is 0.243 e. The van der Waals surface area contributed by atoms with Gasteiger partial charge in [-0.2, -0.15) is 4.31 Å². The molecule has 1 unspecified atom stereocenters. The lowest BCUT2D eigenvalue weighted by Crippen LogP contribution is -2.43. The van der Waals surface area contributed by atoms with E-state index in [2.05, 4.69) is 0 Å². The van der Waals surface area contributed by atoms with Crippen LogP contribution in [0.4, 0.5) is 0 Å². The summed E-state index contributed by atoms with van der Waals surface area (Å²) in [5.74, 6) is 0. The van der Waals surface area contributed by atoms with Crippen molar-refractivity contribution < 1.29 is 8.42 Å². The number of nitrogens with two attached hydrogens (primary N) is 1. The van der Waals surface area contributed by atoms with Crippen molar-refractivity contribution in [3.8, 4) is 0 Å². The van der Waals surface area contributed by atoms with Crippen LogP contribution in [-0.2, 0) is 16.4 Å². The third-order valence-corrected chi connectivity index (χ3v) is 5.50. The number of rotatable bonds is 8. The van der Waals surface area contributed by atoms with E-state index in [0.717, 1.165) is 12.0 Å². The SMILES string of the molecule is CCN(C(C)CN(C)C)S(=O)(=O)c1ccc(CCN)cc1. The van der Waals surface area contributed by atoms with Crippen molar-refractivity contribution in [3.63, 3.8) is 0 Å². The first kappa shape index (κ1) is 18.1. The molecule has 0 aliphatic rings. The molecule has 6 heteroatoms. The van der Waals surface area contributed by atoms with Crippen molar-refractivity contribution in [1.82, 2.24) is 9.21 Å². The Morgan fingerprint density at radius 1 is 1.19 bits per heavy atom. The highest BCUT2D eigenvalue weighted by Gasteiger charge is 2.27. The molecule has 120 valence electrons. The minimum atomic E-state index is -3.45. The quantitative estimate of drug-likeness (QED) is 0.782. The first-order chi connectivity index (χ1) is 9.82. The third-order valence-electron chi connectivity index (χ3n) is 3.40. The van der Waals surface area contributed by atoms with Gasteiger partial charge in [0.1, 0.15) is 0 Å². The minimum Gasteiger partial charge on any atom is -0.330 e. The second-order valence-electron chi connectivity index (χ2n) is 5.50. The van der Waals surface area contributed by atoms with Crippen molar-refractivity contribution in [2.75, 3.05) is 33.7 Å². The monoisotopic (exact) mass is 313 g/mol. The van der Waals surface area contributed by atoms with Crippen LogP contribution in [0.25, 0.3) is 0 Å². The fourth-order valence-corrected chi connectivity index (χ4v) is 4.10. The molecule has 0 heterocycles. The lowest BCUT2D eigenvalue weighted by atomic mass is 10.2. The largest absolute Gasteiger partial charge is 0.330 e. The van der Waals surface area contributed by atoms with Crippen molar-refractivity contribution >= 4 is 10.0 Å². The van der Waals surface area contributed by atoms with E-state index in [1.807, 2.05) is 45.0 Å². The topological polar surface area (TPSA) is 66.6 Å². The highest BCUT2D eigenvalue weighted by molar-refractivity contribution is 7.89. The lowest BCUT2D eigenvalue weighted by molar-refractivity contribution is 0.271. The van der Waals surface area contributed by atoms with Gasteiger partial charge in [-0.3, -0.25) is 0 Å². The van der Waals surface area contributed by atoms with Crippen LogP contribution in [0.2, 0.25) is 0 Å². The van der Waals surface area contributed by atoms with Crippen molar-refractivity contribution in [2.24, 2.45) is 5.73 Å². The van der Waals surface area contributed by atoms with Gasteiger partial charge < -0.3 is 10.6 Å². The first-order valence-electron chi connectivity index (χ1n) is 7.28. The number of likely N-dealkylation sites (N-methyl/N-ethyl adjacent to an activating group) is 2. The van der Waals surface area contributed by atoms with E-state index in [1.54, 1.807) is 16.4 Å². The van der Waals surface area contributed by atoms with Gasteiger partial charge in [-0.25, -0.2) is 8.42 Å². The van der Waals surface area contributed by atoms with E-state index in [9.17, 15) is 8.42 Å². The van der Waals surface area contributed by atoms with Gasteiger partial charge in [0.05, 0.1) is 4.90 Å². The Balaban J connectivity index is 3.01. The Kier molecular flexibility index (Phi) is 6.80. The molecule has 0 fully saturated rings. The third kappa shape index (κ3) is 4.78. The van der Waals surface area contributed by atoms with Crippen LogP contribution in [0.15, 0.2) is 29.2 Å². The summed E-state index contributed by atoms with van der Waals surface area (Å²) in [5, 5.41) is 0. The normalized spacial score (nSPS) is 13.9. The molecule has 0 aliphatic carbocycles. The van der Waals surface area contributed by atoms with Crippen LogP contribution in [0.5, 0.6) is 0 Å². The van der Waals surface area contributed by atoms with E-state index < -0.39 is 10.0 Å². The predicted molar refractivity (Wildman–Crippen MR) is 86.8 cm³/mol. The maximum absolute atomic E-state index is 12.7. The molecule has 0 radical (unpaired) electrons. The van der Waals surface area contributed by atoms with Crippen molar-refractivity contribution in [1.29, 1.82) is 0 Å². The summed E-state index contributed by atoms with van der Waals surface area (Å²) >= 11 is 0. The molecular weight excluding hydrogens is 286 g/mol. The summed E-state index contributed by atoms with van der Waals surface area (Å²) in [5.41, 5.74) is 6.57. The van der Waals surface area contributed by atoms with Gasteiger partial charge in [0.2, 0.25) is 10.0 Å². The Morgan fingerprint density at radius 3 is 2.19 bits per heavy atom. The second-order valence-corrected chi connectivity index (χ2v) is 7.39. The number of hydrogen-bond donors (Lipinski definition) is 1. The molecule has 0 amide bonds. The number of hydrogen-bond acceptors (Lipinski definition) is 4. The second kappa shape index (κ2) is 7.89. The van der Waals surface area contributed by atoms with Crippen LogP contribution in [0.1, 0.15) is 19.4 Å². The first-order valence-corrected chi connectivity index (χ1v) is 8.72. The molecule has 0 aliphatic heterocycles. The fraction of sp³-hybridized carbons (Fsp3) is 0.600. The van der Waals surface area contributed by atoms with Gasteiger partial charge in [-0.05, 0) is 51.7 Å². The Labute approximate surface area is 128 Å². The summed E-state index contributed by atoms with van der Waals surface area (Å²) < 4.78 is 27.0. The van der Waals surface area contributed by atoms with Crippen LogP contribution >= 0.6 is 0 Å². The summed E-state index contributed by atoms with van der Waals surface area (Å²) in [7, 11) is 0.434. The van der Waals surface area contributed by atoms with Gasteiger partial charge >= 0.3 is 0 Å². The Hall–Kier alpha value is -0.950. The van der Waals surface area contributed by atoms with Gasteiger partial charge in [0.15, 0.2) is 0 Å². The molecule has 1 atom stereocenters. The molecule has 0 spiro atoms. The zero-order chi connectivity index (χ0) is 16.0. The van der Waals surface area contributed by atoms with Gasteiger partial charge in [-0.1, -0.05) is 19.1 Å². The Morgan fingerprint density at radius 2 is 1.76 bits per heavy atom. The summed E-state index contributed by atoms with van der Waals surface area (Å²) in [6.07, 6.45) is 0.759. The van der Waals surface area contributed by atoms with Crippen molar-refractivity contribution in [2.45, 2.75) is 31.2 Å². The molecule has 0 bridgehead atoms. The average Bonchev–Trinajstić information content (AvgIpc) is 2.39. The van der Waals surface area contributed by atoms with Crippen LogP contribution < -0.4 is 5.73 Å². The summed E-state index contributed by atoms with van der Waals surface area (Å²) in [6, 6.07) is 6.95. The number of sulfonamides is 1. The molecule has 0 saturated heterocycles. The molecule has 5 nitrogen and oxygen atoms in total. The zero-order valence-corrected chi connectivity index (χ0v) is 14.2. The number of benzene rings is 1. The molecule has 1 rings (SSSR count). The van der Waals surface area contributed by atoms with E-state index in [1.165, 1.54) is 0 Å². The number of nitrogens with zero attached hydrogens (tertiary/aromatic N) is 2. The van der Waals surface area contributed by atoms with Gasteiger partial charge in [0, 0.05) is 19.1 Å². The maximum Gasteiger partial charge on any atom is 0.243 e. The molecular formula is C15H27N3O2S. The molecule has 1 aromatic rings. The van der Waals surface area contributed by atoms with Crippen molar-refractivity contribution in [3.05, 3.63) is 29.8 Å². The van der Waals surface area contributed by atoms with Gasteiger partial charge in [-0.15, -0.1) is 0 Å². The standard InChI is InChI=1S/C15H27N3O2S/c1-5-18(13(2)12-17(3)4)21(19,20)15-8-6-14(7-9-15)10-11-16/h6-9,13H,5,10-12,16H2,1-4H3. The lowest BCUT2D eigenvalue weighted by Gasteiger charge is -2.29. The minimum absolute atomic E-state index is 0.0706. The average molecular weight is 313 g/mol. The Bertz CT molecular complexity index is 526. The highest BCUT2D eigenvalue weighted by atomic mass is 32.2. The van der Waals surface area contributed by atoms with E-state index >= 15 is 0 Å². The van der Waals surface area contributed by atoms with E-state index in [-0.39, 0.29) is 6.04 Å². The maximum atomic E-state index is 12.7. The molecule has 0 saturated carbocycles. The summed E-state index contributed by atoms with van der Waals surface area (Å²) in [6.45, 7) is 5.52. The molecule has 0 aromatic heterocycles. The molecule has 1 aromatic carbocycles. The highest BCUT2D eigenvalue weighted by Crippen LogP contribution is 2.19. The van der Waals surface area contributed by atoms with Gasteiger partial charge in [0.25, 0.3) is 0 Å². The molecule has 21 heavy (non-hydrogen) atoms. The van der Waals surface area contributed by atoms with Crippen LogP contribution in [-0.4, -0.2) is 57.4 Å². The van der Waals surface area contributed by atoms with E-state index in [0.29, 0.717) is 24.5 Å². The molecule has 2 N–H and O–H groups in total.